The van der Waals surface area contributed by atoms with Crippen molar-refractivity contribution in [1.82, 2.24) is 9.47 Å². The highest BCUT2D eigenvalue weighted by Crippen LogP contribution is 2.40. The Morgan fingerprint density at radius 1 is 1.02 bits per heavy atom. The van der Waals surface area contributed by atoms with Crippen LogP contribution in [0.15, 0.2) is 106 Å². The van der Waals surface area contributed by atoms with E-state index in [1.807, 2.05) is 112 Å². The van der Waals surface area contributed by atoms with Gasteiger partial charge in [-0.05, 0) is 79.1 Å². The first-order valence-electron chi connectivity index (χ1n) is 15.2. The molecule has 0 fully saturated rings. The number of thiazole rings is 1. The summed E-state index contributed by atoms with van der Waals surface area (Å²) in [6.07, 6.45) is 1.85. The predicted molar refractivity (Wildman–Crippen MR) is 184 cm³/mol. The summed E-state index contributed by atoms with van der Waals surface area (Å²) >= 11 is 7.32. The molecule has 0 N–H and O–H groups in total. The quantitative estimate of drug-likeness (QED) is 0.183. The third-order valence-electron chi connectivity index (χ3n) is 8.20. The molecule has 1 aliphatic rings. The van der Waals surface area contributed by atoms with E-state index in [1.165, 1.54) is 11.3 Å². The molecule has 0 spiro atoms. The molecule has 1 aliphatic heterocycles. The van der Waals surface area contributed by atoms with Gasteiger partial charge in [0.2, 0.25) is 0 Å². The number of aromatic nitrogens is 1. The van der Waals surface area contributed by atoms with Gasteiger partial charge in [-0.3, -0.25) is 14.2 Å². The molecule has 0 bridgehead atoms. The zero-order valence-corrected chi connectivity index (χ0v) is 27.7. The van der Waals surface area contributed by atoms with Gasteiger partial charge in [-0.25, -0.2) is 4.99 Å². The fourth-order valence-corrected chi connectivity index (χ4v) is 7.05. The van der Waals surface area contributed by atoms with Gasteiger partial charge >= 0.3 is 0 Å². The molecule has 234 valence electrons. The van der Waals surface area contributed by atoms with Crippen molar-refractivity contribution >= 4 is 45.7 Å². The lowest BCUT2D eigenvalue weighted by Crippen LogP contribution is -2.43. The number of halogens is 1. The summed E-state index contributed by atoms with van der Waals surface area (Å²) < 4.78 is 14.1. The average molecular weight is 652 g/mol. The molecular weight excluding hydrogens is 618 g/mol. The van der Waals surface area contributed by atoms with Crippen LogP contribution in [0, 0.1) is 0 Å². The minimum Gasteiger partial charge on any atom is -0.496 e. The van der Waals surface area contributed by atoms with Crippen molar-refractivity contribution in [3.8, 4) is 11.5 Å². The number of likely N-dealkylation sites (N-methyl/N-ethyl adjacent to an activating group) is 1. The molecule has 0 saturated heterocycles. The molecule has 4 aromatic carbocycles. The van der Waals surface area contributed by atoms with Gasteiger partial charge in [0.05, 0.1) is 22.9 Å². The Kier molecular flexibility index (Phi) is 9.10. The summed E-state index contributed by atoms with van der Waals surface area (Å²) in [5, 5.41) is 2.57. The van der Waals surface area contributed by atoms with Crippen LogP contribution in [0.5, 0.6) is 11.5 Å². The lowest BCUT2D eigenvalue weighted by molar-refractivity contribution is -0.127. The van der Waals surface area contributed by atoms with Gasteiger partial charge in [0.1, 0.15) is 24.1 Å². The molecule has 1 amide bonds. The molecule has 46 heavy (non-hydrogen) atoms. The highest BCUT2D eigenvalue weighted by atomic mass is 35.5. The molecule has 1 aromatic heterocycles. The van der Waals surface area contributed by atoms with Gasteiger partial charge < -0.3 is 14.4 Å². The van der Waals surface area contributed by atoms with Crippen molar-refractivity contribution in [2.45, 2.75) is 33.4 Å². The van der Waals surface area contributed by atoms with E-state index in [0.717, 1.165) is 27.5 Å². The summed E-state index contributed by atoms with van der Waals surface area (Å²) in [5.74, 6) is 1.13. The zero-order chi connectivity index (χ0) is 32.4. The van der Waals surface area contributed by atoms with Crippen molar-refractivity contribution in [3.05, 3.63) is 138 Å². The van der Waals surface area contributed by atoms with Crippen LogP contribution >= 0.6 is 22.9 Å². The molecule has 0 aliphatic carbocycles. The molecule has 0 radical (unpaired) electrons. The van der Waals surface area contributed by atoms with Crippen LogP contribution in [0.4, 0.5) is 0 Å². The van der Waals surface area contributed by atoms with E-state index in [2.05, 4.69) is 0 Å². The Morgan fingerprint density at radius 3 is 2.52 bits per heavy atom. The molecule has 7 nitrogen and oxygen atoms in total. The molecule has 0 unspecified atom stereocenters. The first-order chi connectivity index (χ1) is 22.3. The van der Waals surface area contributed by atoms with E-state index in [1.54, 1.807) is 16.6 Å². The molecule has 1 atom stereocenters. The Bertz CT molecular complexity index is 2150. The average Bonchev–Trinajstić information content (AvgIpc) is 3.37. The highest BCUT2D eigenvalue weighted by molar-refractivity contribution is 7.07. The summed E-state index contributed by atoms with van der Waals surface area (Å²) in [4.78, 5) is 35.7. The molecule has 6 rings (SSSR count). The number of hydrogen-bond donors (Lipinski definition) is 0. The van der Waals surface area contributed by atoms with Gasteiger partial charge in [-0.1, -0.05) is 77.5 Å². The summed E-state index contributed by atoms with van der Waals surface area (Å²) in [5.41, 5.74) is 3.40. The maximum Gasteiger partial charge on any atom is 0.271 e. The molecular formula is C37H34ClN3O4S. The SMILES string of the molecule is CCN(CC)C(=O)C1=C(C)N=c2s/c(=C/c3cccc(OCc4ccc(Cl)cc4)c3)c(=O)n2[C@H]1c1c(OC)ccc2ccccc12. The van der Waals surface area contributed by atoms with Crippen LogP contribution in [-0.4, -0.2) is 35.6 Å². The number of nitrogens with zero attached hydrogens (tertiary/aromatic N) is 3. The number of methoxy groups -OCH3 is 1. The Morgan fingerprint density at radius 2 is 1.78 bits per heavy atom. The van der Waals surface area contributed by atoms with Crippen LogP contribution in [-0.2, 0) is 11.4 Å². The standard InChI is InChI=1S/C37H34ClN3O4S/c1-5-40(6-2)36(43)32-23(3)39-37-41(34(32)33-29-13-8-7-11-26(29)16-19-30(33)44-4)35(42)31(46-37)21-25-10-9-12-28(20-25)45-22-24-14-17-27(38)18-15-24/h7-21,34H,5-6,22H2,1-4H3/b31-21+/t34-/m1/s1. The normalized spacial score (nSPS) is 14.6. The largest absolute Gasteiger partial charge is 0.496 e. The van der Waals surface area contributed by atoms with Gasteiger partial charge in [0.25, 0.3) is 11.5 Å². The fraction of sp³-hybridized carbons (Fsp3) is 0.216. The second kappa shape index (κ2) is 13.4. The first kappa shape index (κ1) is 31.3. The number of fused-ring (bicyclic) bond motifs is 2. The number of carbonyl (C=O) groups is 1. The van der Waals surface area contributed by atoms with Crippen LogP contribution < -0.4 is 24.4 Å². The molecule has 2 heterocycles. The lowest BCUT2D eigenvalue weighted by atomic mass is 9.90. The smallest absolute Gasteiger partial charge is 0.271 e. The van der Waals surface area contributed by atoms with E-state index in [0.29, 0.717) is 56.8 Å². The van der Waals surface area contributed by atoms with Crippen molar-refractivity contribution in [2.24, 2.45) is 4.99 Å². The summed E-state index contributed by atoms with van der Waals surface area (Å²) in [6.45, 7) is 7.21. The van der Waals surface area contributed by atoms with Crippen molar-refractivity contribution in [3.63, 3.8) is 0 Å². The van der Waals surface area contributed by atoms with Crippen molar-refractivity contribution < 1.29 is 14.3 Å². The van der Waals surface area contributed by atoms with E-state index < -0.39 is 6.04 Å². The van der Waals surface area contributed by atoms with Gasteiger partial charge in [-0.2, -0.15) is 0 Å². The zero-order valence-electron chi connectivity index (χ0n) is 26.1. The van der Waals surface area contributed by atoms with Gasteiger partial charge in [0.15, 0.2) is 4.80 Å². The van der Waals surface area contributed by atoms with Gasteiger partial charge in [0, 0.05) is 23.7 Å². The van der Waals surface area contributed by atoms with E-state index in [9.17, 15) is 9.59 Å². The number of allylic oxidation sites excluding steroid dienone is 1. The third-order valence-corrected chi connectivity index (χ3v) is 9.44. The Labute approximate surface area is 276 Å². The van der Waals surface area contributed by atoms with Crippen LogP contribution in [0.1, 0.15) is 43.5 Å². The number of ether oxygens (including phenoxy) is 2. The van der Waals surface area contributed by atoms with Crippen LogP contribution in [0.25, 0.3) is 16.8 Å². The second-order valence-corrected chi connectivity index (χ2v) is 12.4. The van der Waals surface area contributed by atoms with Crippen LogP contribution in [0.3, 0.4) is 0 Å². The molecule has 0 saturated carbocycles. The number of carbonyl (C=O) groups excluding carboxylic acids is 1. The van der Waals surface area contributed by atoms with Crippen molar-refractivity contribution in [2.75, 3.05) is 20.2 Å². The number of amides is 1. The summed E-state index contributed by atoms with van der Waals surface area (Å²) in [7, 11) is 1.61. The van der Waals surface area contributed by atoms with Crippen molar-refractivity contribution in [1.29, 1.82) is 0 Å². The number of hydrogen-bond acceptors (Lipinski definition) is 6. The van der Waals surface area contributed by atoms with Crippen LogP contribution in [0.2, 0.25) is 5.02 Å². The lowest BCUT2D eigenvalue weighted by Gasteiger charge is -2.30. The highest BCUT2D eigenvalue weighted by Gasteiger charge is 2.36. The molecule has 9 heteroatoms. The Hall–Kier alpha value is -4.66. The third kappa shape index (κ3) is 5.98. The summed E-state index contributed by atoms with van der Waals surface area (Å²) in [6, 6.07) is 26.3. The fourth-order valence-electron chi connectivity index (χ4n) is 5.88. The number of rotatable bonds is 9. The second-order valence-electron chi connectivity index (χ2n) is 10.9. The topological polar surface area (TPSA) is 73.1 Å². The minimum absolute atomic E-state index is 0.147. The molecule has 5 aromatic rings. The van der Waals surface area contributed by atoms with E-state index in [-0.39, 0.29) is 11.5 Å². The predicted octanol–water partition coefficient (Wildman–Crippen LogP) is 6.50. The minimum atomic E-state index is -0.735. The Balaban J connectivity index is 1.49. The maximum absolute atomic E-state index is 14.4. The van der Waals surface area contributed by atoms with E-state index >= 15 is 0 Å². The maximum atomic E-state index is 14.4. The number of benzene rings is 4. The first-order valence-corrected chi connectivity index (χ1v) is 16.4. The monoisotopic (exact) mass is 651 g/mol. The van der Waals surface area contributed by atoms with E-state index in [4.69, 9.17) is 26.1 Å². The van der Waals surface area contributed by atoms with Gasteiger partial charge in [-0.15, -0.1) is 0 Å².